The van der Waals surface area contributed by atoms with E-state index >= 15 is 0 Å². The quantitative estimate of drug-likeness (QED) is 0.691. The van der Waals surface area contributed by atoms with Crippen LogP contribution in [0.1, 0.15) is 38.2 Å². The van der Waals surface area contributed by atoms with Gasteiger partial charge in [0.15, 0.2) is 0 Å². The van der Waals surface area contributed by atoms with Crippen molar-refractivity contribution in [3.63, 3.8) is 0 Å². The van der Waals surface area contributed by atoms with Crippen LogP contribution in [0.15, 0.2) is 35.9 Å². The second-order valence-corrected chi connectivity index (χ2v) is 8.56. The number of carbonyl (C=O) groups is 1. The van der Waals surface area contributed by atoms with E-state index in [0.29, 0.717) is 38.5 Å². The molecule has 0 spiro atoms. The lowest BCUT2D eigenvalue weighted by Gasteiger charge is -2.44. The van der Waals surface area contributed by atoms with Crippen molar-refractivity contribution < 1.29 is 22.7 Å². The lowest BCUT2D eigenvalue weighted by atomic mass is 9.99. The molecule has 3 aliphatic rings. The second kappa shape index (κ2) is 8.71. The summed E-state index contributed by atoms with van der Waals surface area (Å²) in [6.07, 6.45) is -0.201. The SMILES string of the molecule is CC/C(=C\c1ccccc1)[C@@H]1C[C@H]1N(C(=O)C(F)(F)F)C1CCN(C2COC2)CC1. The summed E-state index contributed by atoms with van der Waals surface area (Å²) >= 11 is 0. The molecule has 0 unspecified atom stereocenters. The number of amides is 1. The lowest BCUT2D eigenvalue weighted by molar-refractivity contribution is -0.190. The van der Waals surface area contributed by atoms with E-state index in [0.717, 1.165) is 30.6 Å². The molecule has 2 heterocycles. The molecule has 3 fully saturated rings. The highest BCUT2D eigenvalue weighted by Crippen LogP contribution is 2.46. The van der Waals surface area contributed by atoms with Crippen LogP contribution in [-0.4, -0.2) is 66.3 Å². The Balaban J connectivity index is 1.48. The van der Waals surface area contributed by atoms with Gasteiger partial charge in [0.2, 0.25) is 0 Å². The Morgan fingerprint density at radius 1 is 1.20 bits per heavy atom. The van der Waals surface area contributed by atoms with Gasteiger partial charge in [0, 0.05) is 31.1 Å². The van der Waals surface area contributed by atoms with E-state index in [-0.39, 0.29) is 18.0 Å². The Morgan fingerprint density at radius 2 is 1.87 bits per heavy atom. The van der Waals surface area contributed by atoms with Gasteiger partial charge in [-0.3, -0.25) is 9.69 Å². The molecule has 1 saturated carbocycles. The van der Waals surface area contributed by atoms with Crippen molar-refractivity contribution in [3.05, 3.63) is 41.5 Å². The van der Waals surface area contributed by atoms with E-state index in [9.17, 15) is 18.0 Å². The molecular weight excluding hydrogens is 393 g/mol. The van der Waals surface area contributed by atoms with E-state index in [2.05, 4.69) is 11.0 Å². The summed E-state index contributed by atoms with van der Waals surface area (Å²) < 4.78 is 45.5. The number of ether oxygens (including phenoxy) is 1. The van der Waals surface area contributed by atoms with Gasteiger partial charge in [-0.25, -0.2) is 0 Å². The normalized spacial score (nSPS) is 26.3. The fourth-order valence-electron chi connectivity index (χ4n) is 4.82. The number of nitrogens with zero attached hydrogens (tertiary/aromatic N) is 2. The first-order valence-electron chi connectivity index (χ1n) is 10.8. The highest BCUT2D eigenvalue weighted by molar-refractivity contribution is 5.83. The van der Waals surface area contributed by atoms with Crippen LogP contribution in [0.4, 0.5) is 13.2 Å². The van der Waals surface area contributed by atoms with Crippen molar-refractivity contribution in [1.29, 1.82) is 0 Å². The molecule has 2 atom stereocenters. The molecule has 1 aromatic rings. The number of hydrogen-bond donors (Lipinski definition) is 0. The summed E-state index contributed by atoms with van der Waals surface area (Å²) in [7, 11) is 0. The minimum absolute atomic E-state index is 0.0135. The van der Waals surface area contributed by atoms with Gasteiger partial charge >= 0.3 is 12.1 Å². The molecule has 0 bridgehead atoms. The number of carbonyl (C=O) groups excluding carboxylic acids is 1. The van der Waals surface area contributed by atoms with Gasteiger partial charge < -0.3 is 9.64 Å². The van der Waals surface area contributed by atoms with Crippen molar-refractivity contribution in [1.82, 2.24) is 9.80 Å². The number of benzene rings is 1. The van der Waals surface area contributed by atoms with Crippen LogP contribution in [0, 0.1) is 5.92 Å². The molecule has 4 rings (SSSR count). The summed E-state index contributed by atoms with van der Waals surface area (Å²) in [5.41, 5.74) is 2.17. The molecule has 1 amide bonds. The largest absolute Gasteiger partial charge is 0.471 e. The minimum Gasteiger partial charge on any atom is -0.378 e. The van der Waals surface area contributed by atoms with Gasteiger partial charge in [-0.05, 0) is 31.2 Å². The molecule has 1 aromatic carbocycles. The molecule has 7 heteroatoms. The van der Waals surface area contributed by atoms with Crippen molar-refractivity contribution in [2.75, 3.05) is 26.3 Å². The Labute approximate surface area is 175 Å². The maximum absolute atomic E-state index is 13.4. The van der Waals surface area contributed by atoms with Gasteiger partial charge in [0.1, 0.15) is 0 Å². The van der Waals surface area contributed by atoms with Gasteiger partial charge in [-0.2, -0.15) is 13.2 Å². The van der Waals surface area contributed by atoms with Crippen molar-refractivity contribution in [2.24, 2.45) is 5.92 Å². The summed E-state index contributed by atoms with van der Waals surface area (Å²) in [5, 5.41) is 0. The lowest BCUT2D eigenvalue weighted by Crippen LogP contribution is -2.57. The molecule has 0 radical (unpaired) electrons. The first-order valence-corrected chi connectivity index (χ1v) is 10.8. The summed E-state index contributed by atoms with van der Waals surface area (Å²) in [6, 6.07) is 9.50. The van der Waals surface area contributed by atoms with Crippen LogP contribution in [0.25, 0.3) is 6.08 Å². The Hall–Kier alpha value is -1.86. The standard InChI is InChI=1S/C23H29F3N2O2/c1-2-17(12-16-6-4-3-5-7-16)20-13-21(20)28(22(29)23(24,25)26)18-8-10-27(11-9-18)19-14-30-15-19/h3-7,12,18-21H,2,8-11,13-15H2,1H3/b17-12+/t20-,21+/m0/s1. The highest BCUT2D eigenvalue weighted by Gasteiger charge is 2.54. The third-order valence-corrected chi connectivity index (χ3v) is 6.66. The summed E-state index contributed by atoms with van der Waals surface area (Å²) in [6.45, 7) is 4.87. The van der Waals surface area contributed by atoms with Crippen molar-refractivity contribution in [3.8, 4) is 0 Å². The predicted molar refractivity (Wildman–Crippen MR) is 109 cm³/mol. The van der Waals surface area contributed by atoms with Crippen molar-refractivity contribution >= 4 is 12.0 Å². The first-order chi connectivity index (χ1) is 14.4. The monoisotopic (exact) mass is 422 g/mol. The van der Waals surface area contributed by atoms with E-state index in [1.54, 1.807) is 0 Å². The number of halogens is 3. The minimum atomic E-state index is -4.83. The highest BCUT2D eigenvalue weighted by atomic mass is 19.4. The molecule has 4 nitrogen and oxygen atoms in total. The van der Waals surface area contributed by atoms with Crippen LogP contribution in [0.2, 0.25) is 0 Å². The number of likely N-dealkylation sites (tertiary alicyclic amines) is 1. The summed E-state index contributed by atoms with van der Waals surface area (Å²) in [5.74, 6) is -1.66. The number of alkyl halides is 3. The maximum atomic E-state index is 13.4. The van der Waals surface area contributed by atoms with E-state index in [1.807, 2.05) is 37.3 Å². The number of piperidine rings is 1. The molecule has 0 aromatic heterocycles. The van der Waals surface area contributed by atoms with Gasteiger partial charge in [-0.15, -0.1) is 0 Å². The van der Waals surface area contributed by atoms with Crippen LogP contribution in [-0.2, 0) is 9.53 Å². The molecular formula is C23H29F3N2O2. The third kappa shape index (κ3) is 4.57. The first kappa shape index (κ1) is 21.4. The topological polar surface area (TPSA) is 32.8 Å². The Morgan fingerprint density at radius 3 is 2.40 bits per heavy atom. The average Bonchev–Trinajstić information content (AvgIpc) is 3.46. The fourth-order valence-corrected chi connectivity index (χ4v) is 4.82. The Bertz CT molecular complexity index is 768. The number of rotatable bonds is 6. The molecule has 2 aliphatic heterocycles. The van der Waals surface area contributed by atoms with Crippen molar-refractivity contribution in [2.45, 2.75) is 56.9 Å². The average molecular weight is 422 g/mol. The maximum Gasteiger partial charge on any atom is 0.471 e. The zero-order valence-corrected chi connectivity index (χ0v) is 17.3. The van der Waals surface area contributed by atoms with Crippen LogP contribution in [0.3, 0.4) is 0 Å². The van der Waals surface area contributed by atoms with E-state index < -0.39 is 12.1 Å². The smallest absolute Gasteiger partial charge is 0.378 e. The zero-order chi connectivity index (χ0) is 21.3. The van der Waals surface area contributed by atoms with Crippen LogP contribution < -0.4 is 0 Å². The Kier molecular flexibility index (Phi) is 6.21. The number of hydrogen-bond acceptors (Lipinski definition) is 3. The third-order valence-electron chi connectivity index (χ3n) is 6.66. The molecule has 1 aliphatic carbocycles. The zero-order valence-electron chi connectivity index (χ0n) is 17.3. The van der Waals surface area contributed by atoms with Gasteiger partial charge in [0.05, 0.1) is 19.3 Å². The summed E-state index contributed by atoms with van der Waals surface area (Å²) in [4.78, 5) is 15.9. The predicted octanol–water partition coefficient (Wildman–Crippen LogP) is 4.12. The van der Waals surface area contributed by atoms with Gasteiger partial charge in [0.25, 0.3) is 0 Å². The second-order valence-electron chi connectivity index (χ2n) is 8.56. The molecule has 2 saturated heterocycles. The van der Waals surface area contributed by atoms with Crippen LogP contribution >= 0.6 is 0 Å². The van der Waals surface area contributed by atoms with E-state index in [1.165, 1.54) is 4.90 Å². The molecule has 30 heavy (non-hydrogen) atoms. The fraction of sp³-hybridized carbons (Fsp3) is 0.609. The van der Waals surface area contributed by atoms with E-state index in [4.69, 9.17) is 4.74 Å². The molecule has 164 valence electrons. The molecule has 0 N–H and O–H groups in total. The van der Waals surface area contributed by atoms with Gasteiger partial charge in [-0.1, -0.05) is 48.9 Å². The van der Waals surface area contributed by atoms with Crippen LogP contribution in [0.5, 0.6) is 0 Å².